The number of nitrogens with zero attached hydrogens (tertiary/aromatic N) is 2. The number of carboxylic acid groups (broad SMARTS) is 1. The lowest BCUT2D eigenvalue weighted by Crippen LogP contribution is -2.23. The van der Waals surface area contributed by atoms with Crippen molar-refractivity contribution in [2.45, 2.75) is 12.8 Å². The standard InChI is InChI=1S/C16H16N2O2/c17-12-14(16(19)20)5-3-4-13-6-8-15(9-7-13)18-10-1-2-11-18/h3-9H,1-2,10-11H2,(H,19,20)/p-1/b4-3+,14-5+. The molecule has 1 aromatic rings. The highest BCUT2D eigenvalue weighted by atomic mass is 16.4. The zero-order chi connectivity index (χ0) is 14.4. The lowest BCUT2D eigenvalue weighted by Gasteiger charge is -2.17. The summed E-state index contributed by atoms with van der Waals surface area (Å²) in [6.45, 7) is 2.21. The Labute approximate surface area is 118 Å². The van der Waals surface area contributed by atoms with E-state index in [1.165, 1.54) is 24.6 Å². The number of carboxylic acids is 1. The van der Waals surface area contributed by atoms with Crippen LogP contribution in [-0.2, 0) is 4.79 Å². The van der Waals surface area contributed by atoms with Gasteiger partial charge < -0.3 is 14.8 Å². The van der Waals surface area contributed by atoms with Crippen molar-refractivity contribution in [3.05, 3.63) is 47.6 Å². The Balaban J connectivity index is 2.03. The van der Waals surface area contributed by atoms with Crippen molar-refractivity contribution in [2.24, 2.45) is 0 Å². The molecule has 0 atom stereocenters. The molecule has 102 valence electrons. The van der Waals surface area contributed by atoms with Gasteiger partial charge in [-0.3, -0.25) is 0 Å². The lowest BCUT2D eigenvalue weighted by atomic mass is 10.1. The number of hydrogen-bond acceptors (Lipinski definition) is 4. The zero-order valence-electron chi connectivity index (χ0n) is 11.1. The van der Waals surface area contributed by atoms with Crippen LogP contribution >= 0.6 is 0 Å². The van der Waals surface area contributed by atoms with E-state index in [2.05, 4.69) is 17.0 Å². The molecule has 0 bridgehead atoms. The van der Waals surface area contributed by atoms with Crippen LogP contribution in [-0.4, -0.2) is 19.1 Å². The minimum atomic E-state index is -1.46. The van der Waals surface area contributed by atoms with Crippen molar-refractivity contribution in [1.82, 2.24) is 0 Å². The summed E-state index contributed by atoms with van der Waals surface area (Å²) in [6, 6.07) is 9.63. The summed E-state index contributed by atoms with van der Waals surface area (Å²) >= 11 is 0. The molecule has 0 saturated carbocycles. The van der Waals surface area contributed by atoms with E-state index in [4.69, 9.17) is 5.26 Å². The van der Waals surface area contributed by atoms with Gasteiger partial charge in [-0.2, -0.15) is 5.26 Å². The van der Waals surface area contributed by atoms with Crippen LogP contribution in [0.1, 0.15) is 18.4 Å². The molecule has 1 aromatic carbocycles. The molecule has 0 radical (unpaired) electrons. The fourth-order valence-corrected chi connectivity index (χ4v) is 2.18. The Hall–Kier alpha value is -2.54. The highest BCUT2D eigenvalue weighted by molar-refractivity contribution is 5.89. The summed E-state index contributed by atoms with van der Waals surface area (Å²) in [5, 5.41) is 19.1. The van der Waals surface area contributed by atoms with Crippen molar-refractivity contribution in [2.75, 3.05) is 18.0 Å². The maximum atomic E-state index is 10.5. The average molecular weight is 267 g/mol. The van der Waals surface area contributed by atoms with Gasteiger partial charge in [0, 0.05) is 18.8 Å². The summed E-state index contributed by atoms with van der Waals surface area (Å²) in [4.78, 5) is 12.9. The van der Waals surface area contributed by atoms with Crippen molar-refractivity contribution in [3.8, 4) is 6.07 Å². The second-order valence-corrected chi connectivity index (χ2v) is 4.62. The Morgan fingerprint density at radius 2 is 1.90 bits per heavy atom. The quantitative estimate of drug-likeness (QED) is 0.471. The van der Waals surface area contributed by atoms with Gasteiger partial charge in [0.1, 0.15) is 6.07 Å². The minimum Gasteiger partial charge on any atom is -0.544 e. The summed E-state index contributed by atoms with van der Waals surface area (Å²) in [6.07, 6.45) is 7.02. The van der Waals surface area contributed by atoms with Gasteiger partial charge in [0.25, 0.3) is 0 Å². The van der Waals surface area contributed by atoms with Crippen LogP contribution in [0.4, 0.5) is 5.69 Å². The van der Waals surface area contributed by atoms with E-state index in [0.29, 0.717) is 0 Å². The van der Waals surface area contributed by atoms with E-state index in [-0.39, 0.29) is 5.57 Å². The topological polar surface area (TPSA) is 67.2 Å². The van der Waals surface area contributed by atoms with Gasteiger partial charge in [-0.05, 0) is 36.6 Å². The van der Waals surface area contributed by atoms with Gasteiger partial charge in [0.2, 0.25) is 0 Å². The summed E-state index contributed by atoms with van der Waals surface area (Å²) < 4.78 is 0. The first-order valence-electron chi connectivity index (χ1n) is 6.55. The number of allylic oxidation sites excluding steroid dienone is 2. The smallest absolute Gasteiger partial charge is 0.101 e. The maximum Gasteiger partial charge on any atom is 0.101 e. The number of benzene rings is 1. The van der Waals surface area contributed by atoms with E-state index in [1.807, 2.05) is 12.1 Å². The number of anilines is 1. The Morgan fingerprint density at radius 3 is 2.45 bits per heavy atom. The fraction of sp³-hybridized carbons (Fsp3) is 0.250. The van der Waals surface area contributed by atoms with Crippen LogP contribution in [0.3, 0.4) is 0 Å². The van der Waals surface area contributed by atoms with E-state index >= 15 is 0 Å². The molecular formula is C16H15N2O2-. The molecule has 0 N–H and O–H groups in total. The maximum absolute atomic E-state index is 10.5. The third-order valence-electron chi connectivity index (χ3n) is 3.26. The SMILES string of the molecule is N#C/C(=C\C=C\c1ccc(N2CCCC2)cc1)C(=O)[O-]. The largest absolute Gasteiger partial charge is 0.544 e. The van der Waals surface area contributed by atoms with Crippen molar-refractivity contribution >= 4 is 17.7 Å². The molecule has 1 aliphatic heterocycles. The van der Waals surface area contributed by atoms with Gasteiger partial charge in [-0.25, -0.2) is 0 Å². The molecule has 0 amide bonds. The molecule has 0 spiro atoms. The monoisotopic (exact) mass is 267 g/mol. The molecule has 0 aromatic heterocycles. The summed E-state index contributed by atoms with van der Waals surface area (Å²) in [5.74, 6) is -1.46. The number of rotatable bonds is 4. The first kappa shape index (κ1) is 13.9. The molecule has 20 heavy (non-hydrogen) atoms. The third-order valence-corrected chi connectivity index (χ3v) is 3.26. The molecule has 1 saturated heterocycles. The van der Waals surface area contributed by atoms with Crippen molar-refractivity contribution in [3.63, 3.8) is 0 Å². The lowest BCUT2D eigenvalue weighted by molar-refractivity contribution is -0.298. The second-order valence-electron chi connectivity index (χ2n) is 4.62. The van der Waals surface area contributed by atoms with Gasteiger partial charge in [0.05, 0.1) is 11.5 Å². The second kappa shape index (κ2) is 6.58. The van der Waals surface area contributed by atoms with Crippen LogP contribution in [0, 0.1) is 11.3 Å². The Kier molecular flexibility index (Phi) is 4.56. The molecular weight excluding hydrogens is 252 g/mol. The molecule has 4 nitrogen and oxygen atoms in total. The highest BCUT2D eigenvalue weighted by Crippen LogP contribution is 2.20. The van der Waals surface area contributed by atoms with E-state index in [0.717, 1.165) is 18.7 Å². The zero-order valence-corrected chi connectivity index (χ0v) is 11.1. The molecule has 1 heterocycles. The van der Waals surface area contributed by atoms with Crippen molar-refractivity contribution < 1.29 is 9.90 Å². The van der Waals surface area contributed by atoms with Gasteiger partial charge >= 0.3 is 0 Å². The van der Waals surface area contributed by atoms with E-state index < -0.39 is 5.97 Å². The Morgan fingerprint density at radius 1 is 1.25 bits per heavy atom. The van der Waals surface area contributed by atoms with Crippen LogP contribution in [0.2, 0.25) is 0 Å². The molecule has 2 rings (SSSR count). The van der Waals surface area contributed by atoms with Crippen molar-refractivity contribution in [1.29, 1.82) is 5.26 Å². The summed E-state index contributed by atoms with van der Waals surface area (Å²) in [5.41, 5.74) is 1.79. The van der Waals surface area contributed by atoms with Gasteiger partial charge in [-0.15, -0.1) is 0 Å². The number of carbonyl (C=O) groups is 1. The molecule has 4 heteroatoms. The molecule has 0 aliphatic carbocycles. The van der Waals surface area contributed by atoms with Gasteiger partial charge in [-0.1, -0.05) is 24.3 Å². The first-order valence-corrected chi connectivity index (χ1v) is 6.55. The average Bonchev–Trinajstić information content (AvgIpc) is 2.98. The third kappa shape index (κ3) is 3.48. The number of aliphatic carboxylic acids is 1. The number of hydrogen-bond donors (Lipinski definition) is 0. The van der Waals surface area contributed by atoms with Crippen LogP contribution in [0.25, 0.3) is 6.08 Å². The minimum absolute atomic E-state index is 0.380. The number of nitriles is 1. The summed E-state index contributed by atoms with van der Waals surface area (Å²) in [7, 11) is 0. The molecule has 1 aliphatic rings. The predicted molar refractivity (Wildman–Crippen MR) is 75.6 cm³/mol. The number of carbonyl (C=O) groups excluding carboxylic acids is 1. The molecule has 0 unspecified atom stereocenters. The van der Waals surface area contributed by atoms with Gasteiger partial charge in [0.15, 0.2) is 0 Å². The predicted octanol–water partition coefficient (Wildman–Crippen LogP) is 1.50. The molecule has 1 fully saturated rings. The van der Waals surface area contributed by atoms with E-state index in [1.54, 1.807) is 18.2 Å². The first-order chi connectivity index (χ1) is 9.70. The fourth-order valence-electron chi connectivity index (χ4n) is 2.18. The van der Waals surface area contributed by atoms with Crippen LogP contribution in [0.15, 0.2) is 42.0 Å². The van der Waals surface area contributed by atoms with E-state index in [9.17, 15) is 9.90 Å². The van der Waals surface area contributed by atoms with Crippen LogP contribution in [0.5, 0.6) is 0 Å². The normalized spacial score (nSPS) is 15.6. The van der Waals surface area contributed by atoms with Crippen LogP contribution < -0.4 is 10.0 Å². The Bertz CT molecular complexity index is 573. The highest BCUT2D eigenvalue weighted by Gasteiger charge is 2.11.